The number of methoxy groups -OCH3 is 3. The molecule has 0 bridgehead atoms. The summed E-state index contributed by atoms with van der Waals surface area (Å²) < 4.78 is 45.7. The van der Waals surface area contributed by atoms with E-state index in [1.807, 2.05) is 13.8 Å². The fourth-order valence-electron chi connectivity index (χ4n) is 4.59. The van der Waals surface area contributed by atoms with Crippen LogP contribution in [0.2, 0.25) is 10.0 Å². The van der Waals surface area contributed by atoms with Crippen molar-refractivity contribution >= 4 is 50.7 Å². The van der Waals surface area contributed by atoms with E-state index in [1.54, 1.807) is 37.3 Å². The molecule has 44 heavy (non-hydrogen) atoms. The minimum atomic E-state index is -4.46. The molecule has 1 atom stereocenters. The topological polar surface area (TPSA) is 114 Å². The van der Waals surface area contributed by atoms with Crippen molar-refractivity contribution in [3.63, 3.8) is 0 Å². The molecular weight excluding hydrogens is 629 g/mol. The van der Waals surface area contributed by atoms with E-state index >= 15 is 0 Å². The molecule has 0 aliphatic heterocycles. The highest BCUT2D eigenvalue weighted by molar-refractivity contribution is 7.92. The molecule has 13 heteroatoms. The second kappa shape index (κ2) is 15.4. The van der Waals surface area contributed by atoms with Crippen LogP contribution in [0.1, 0.15) is 32.8 Å². The number of anilines is 1. The van der Waals surface area contributed by atoms with Gasteiger partial charge in [0.2, 0.25) is 11.8 Å². The Morgan fingerprint density at radius 1 is 0.886 bits per heavy atom. The van der Waals surface area contributed by atoms with E-state index < -0.39 is 28.5 Å². The van der Waals surface area contributed by atoms with Crippen molar-refractivity contribution in [3.8, 4) is 17.2 Å². The Morgan fingerprint density at radius 2 is 1.52 bits per heavy atom. The second-order valence-corrected chi connectivity index (χ2v) is 12.8. The van der Waals surface area contributed by atoms with E-state index in [0.717, 1.165) is 4.31 Å². The van der Waals surface area contributed by atoms with Crippen LogP contribution in [0.3, 0.4) is 0 Å². The predicted molar refractivity (Wildman–Crippen MR) is 171 cm³/mol. The van der Waals surface area contributed by atoms with E-state index in [1.165, 1.54) is 56.6 Å². The van der Waals surface area contributed by atoms with Gasteiger partial charge in [0.1, 0.15) is 18.3 Å². The standard InChI is InChI=1S/C31H37Cl2N3O7S/c1-7-25(31(38)34-20(2)3)35(18-21-10-8-9-11-24(21)33)30(37)19-36(26-16-22(32)12-14-27(26)41-4)44(39,40)23-13-15-28(42-5)29(17-23)43-6/h8-17,20,25H,7,18-19H2,1-6H3,(H,34,38)/t25-/m0/s1. The Bertz CT molecular complexity index is 1580. The number of halogens is 2. The summed E-state index contributed by atoms with van der Waals surface area (Å²) in [5.74, 6) is -0.371. The third-order valence-electron chi connectivity index (χ3n) is 6.75. The van der Waals surface area contributed by atoms with Crippen molar-refractivity contribution in [3.05, 3.63) is 76.3 Å². The lowest BCUT2D eigenvalue weighted by atomic mass is 10.1. The molecule has 238 valence electrons. The van der Waals surface area contributed by atoms with Crippen LogP contribution in [-0.4, -0.2) is 65.1 Å². The lowest BCUT2D eigenvalue weighted by molar-refractivity contribution is -0.140. The van der Waals surface area contributed by atoms with Crippen molar-refractivity contribution < 1.29 is 32.2 Å². The maximum Gasteiger partial charge on any atom is 0.265 e. The first kappa shape index (κ1) is 34.8. The first-order valence-electron chi connectivity index (χ1n) is 13.8. The fraction of sp³-hybridized carbons (Fsp3) is 0.355. The van der Waals surface area contributed by atoms with E-state index in [9.17, 15) is 18.0 Å². The van der Waals surface area contributed by atoms with Gasteiger partial charge in [-0.15, -0.1) is 0 Å². The fourth-order valence-corrected chi connectivity index (χ4v) is 6.38. The molecule has 0 saturated carbocycles. The summed E-state index contributed by atoms with van der Waals surface area (Å²) in [6.45, 7) is 4.67. The van der Waals surface area contributed by atoms with Gasteiger partial charge in [-0.25, -0.2) is 8.42 Å². The number of hydrogen-bond acceptors (Lipinski definition) is 7. The Kier molecular flexibility index (Phi) is 12.2. The maximum absolute atomic E-state index is 14.3. The highest BCUT2D eigenvalue weighted by Crippen LogP contribution is 2.37. The molecule has 0 saturated heterocycles. The van der Waals surface area contributed by atoms with Crippen molar-refractivity contribution in [2.75, 3.05) is 32.2 Å². The molecule has 0 aliphatic carbocycles. The molecule has 0 radical (unpaired) electrons. The summed E-state index contributed by atoms with van der Waals surface area (Å²) in [7, 11) is -0.264. The number of sulfonamides is 1. The number of nitrogens with zero attached hydrogens (tertiary/aromatic N) is 2. The quantitative estimate of drug-likeness (QED) is 0.240. The van der Waals surface area contributed by atoms with E-state index in [4.69, 9.17) is 37.4 Å². The van der Waals surface area contributed by atoms with Crippen LogP contribution in [0.5, 0.6) is 17.2 Å². The van der Waals surface area contributed by atoms with Crippen molar-refractivity contribution in [1.29, 1.82) is 0 Å². The summed E-state index contributed by atoms with van der Waals surface area (Å²) in [6, 6.07) is 14.4. The SMILES string of the molecule is CC[C@@H](C(=O)NC(C)C)N(Cc1ccccc1Cl)C(=O)CN(c1cc(Cl)ccc1OC)S(=O)(=O)c1ccc(OC)c(OC)c1. The number of carbonyl (C=O) groups is 2. The Hall–Kier alpha value is -3.67. The summed E-state index contributed by atoms with van der Waals surface area (Å²) in [6.07, 6.45) is 0.262. The smallest absolute Gasteiger partial charge is 0.265 e. The second-order valence-electron chi connectivity index (χ2n) is 10.0. The zero-order valence-corrected chi connectivity index (χ0v) is 27.8. The van der Waals surface area contributed by atoms with Crippen LogP contribution in [0.25, 0.3) is 0 Å². The van der Waals surface area contributed by atoms with Gasteiger partial charge in [-0.2, -0.15) is 0 Å². The zero-order chi connectivity index (χ0) is 32.6. The summed E-state index contributed by atoms with van der Waals surface area (Å²) in [5.41, 5.74) is 0.619. The molecule has 3 aromatic carbocycles. The predicted octanol–water partition coefficient (Wildman–Crippen LogP) is 5.55. The van der Waals surface area contributed by atoms with Crippen LogP contribution >= 0.6 is 23.2 Å². The number of carbonyl (C=O) groups excluding carboxylic acids is 2. The first-order chi connectivity index (χ1) is 20.9. The van der Waals surface area contributed by atoms with Crippen molar-refractivity contribution in [2.24, 2.45) is 0 Å². The van der Waals surface area contributed by atoms with Gasteiger partial charge < -0.3 is 24.4 Å². The van der Waals surface area contributed by atoms with Gasteiger partial charge in [-0.05, 0) is 62.2 Å². The van der Waals surface area contributed by atoms with Crippen LogP contribution < -0.4 is 23.8 Å². The van der Waals surface area contributed by atoms with E-state index in [-0.39, 0.29) is 52.0 Å². The minimum Gasteiger partial charge on any atom is -0.495 e. The van der Waals surface area contributed by atoms with E-state index in [0.29, 0.717) is 16.3 Å². The largest absolute Gasteiger partial charge is 0.495 e. The number of rotatable bonds is 14. The van der Waals surface area contributed by atoms with Crippen molar-refractivity contribution in [2.45, 2.75) is 50.7 Å². The van der Waals surface area contributed by atoms with Crippen LogP contribution in [0.15, 0.2) is 65.6 Å². The summed E-state index contributed by atoms with van der Waals surface area (Å²) in [4.78, 5) is 28.8. The minimum absolute atomic E-state index is 0.0282. The average Bonchev–Trinajstić information content (AvgIpc) is 2.99. The Labute approximate surface area is 268 Å². The third kappa shape index (κ3) is 8.08. The molecular formula is C31H37Cl2N3O7S. The van der Waals surface area contributed by atoms with Crippen molar-refractivity contribution in [1.82, 2.24) is 10.2 Å². The molecule has 10 nitrogen and oxygen atoms in total. The Balaban J connectivity index is 2.19. The molecule has 1 N–H and O–H groups in total. The van der Waals surface area contributed by atoms with Gasteiger partial charge in [0.25, 0.3) is 10.0 Å². The third-order valence-corrected chi connectivity index (χ3v) is 9.11. The maximum atomic E-state index is 14.3. The Morgan fingerprint density at radius 3 is 2.11 bits per heavy atom. The van der Waals surface area contributed by atoms with Gasteiger partial charge >= 0.3 is 0 Å². The monoisotopic (exact) mass is 665 g/mol. The number of ether oxygens (including phenoxy) is 3. The normalized spacial score (nSPS) is 11.9. The highest BCUT2D eigenvalue weighted by atomic mass is 35.5. The lowest BCUT2D eigenvalue weighted by Crippen LogP contribution is -2.53. The average molecular weight is 667 g/mol. The van der Waals surface area contributed by atoms with Crippen LogP contribution in [0.4, 0.5) is 5.69 Å². The summed E-state index contributed by atoms with van der Waals surface area (Å²) >= 11 is 12.8. The number of hydrogen-bond donors (Lipinski definition) is 1. The molecule has 0 unspecified atom stereocenters. The number of nitrogens with one attached hydrogen (secondary N) is 1. The van der Waals surface area contributed by atoms with E-state index in [2.05, 4.69) is 5.32 Å². The van der Waals surface area contributed by atoms with Gasteiger partial charge in [0.05, 0.1) is 31.9 Å². The van der Waals surface area contributed by atoms with Gasteiger partial charge in [-0.3, -0.25) is 13.9 Å². The number of amides is 2. The zero-order valence-electron chi connectivity index (χ0n) is 25.5. The van der Waals surface area contributed by atoms with Gasteiger partial charge in [0, 0.05) is 28.7 Å². The number of benzene rings is 3. The molecule has 0 aromatic heterocycles. The van der Waals surface area contributed by atoms with Gasteiger partial charge in [-0.1, -0.05) is 48.3 Å². The first-order valence-corrected chi connectivity index (χ1v) is 16.0. The highest BCUT2D eigenvalue weighted by Gasteiger charge is 2.35. The lowest BCUT2D eigenvalue weighted by Gasteiger charge is -2.34. The molecule has 0 spiro atoms. The molecule has 2 amide bonds. The molecule has 3 rings (SSSR count). The molecule has 0 fully saturated rings. The molecule has 0 aliphatic rings. The van der Waals surface area contributed by atoms with Gasteiger partial charge in [0.15, 0.2) is 11.5 Å². The van der Waals surface area contributed by atoms with Crippen LogP contribution in [-0.2, 0) is 26.2 Å². The molecule has 0 heterocycles. The van der Waals surface area contributed by atoms with Crippen LogP contribution in [0, 0.1) is 0 Å². The molecule has 3 aromatic rings. The summed E-state index contributed by atoms with van der Waals surface area (Å²) in [5, 5.41) is 3.48.